The van der Waals surface area contributed by atoms with Crippen molar-refractivity contribution in [2.75, 3.05) is 0 Å². The monoisotopic (exact) mass is 266 g/mol. The molecule has 4 nitrogen and oxygen atoms in total. The van der Waals surface area contributed by atoms with Gasteiger partial charge in [0.15, 0.2) is 6.10 Å². The number of ether oxygens (including phenoxy) is 1. The number of rotatable bonds is 0. The first-order valence-electron chi connectivity index (χ1n) is 7.09. The van der Waals surface area contributed by atoms with Crippen LogP contribution >= 0.6 is 0 Å². The maximum Gasteiger partial charge on any atom is 0.312 e. The molecule has 0 radical (unpaired) electrons. The van der Waals surface area contributed by atoms with Gasteiger partial charge < -0.3 is 14.9 Å². The predicted octanol–water partition coefficient (Wildman–Crippen LogP) is 1.55. The molecule has 1 saturated carbocycles. The molecule has 2 N–H and O–H groups in total. The van der Waals surface area contributed by atoms with Gasteiger partial charge in [0.05, 0.1) is 12.0 Å². The zero-order valence-corrected chi connectivity index (χ0v) is 11.8. The van der Waals surface area contributed by atoms with Crippen molar-refractivity contribution in [2.45, 2.75) is 64.3 Å². The molecule has 5 atom stereocenters. The van der Waals surface area contributed by atoms with E-state index in [4.69, 9.17) is 4.74 Å². The molecule has 2 aliphatic carbocycles. The van der Waals surface area contributed by atoms with E-state index in [1.165, 1.54) is 0 Å². The molecule has 0 bridgehead atoms. The average molecular weight is 266 g/mol. The first-order chi connectivity index (χ1) is 8.78. The Morgan fingerprint density at radius 1 is 1.37 bits per heavy atom. The van der Waals surface area contributed by atoms with Gasteiger partial charge in [0.25, 0.3) is 0 Å². The quantitative estimate of drug-likeness (QED) is 0.515. The van der Waals surface area contributed by atoms with E-state index < -0.39 is 17.6 Å². The van der Waals surface area contributed by atoms with E-state index in [-0.39, 0.29) is 17.5 Å². The van der Waals surface area contributed by atoms with Crippen LogP contribution in [0, 0.1) is 11.3 Å². The minimum atomic E-state index is -1.06. The van der Waals surface area contributed by atoms with Crippen LogP contribution in [0.25, 0.3) is 0 Å². The number of hydrogen-bond acceptors (Lipinski definition) is 4. The molecule has 3 aliphatic rings. The van der Waals surface area contributed by atoms with E-state index in [1.807, 2.05) is 6.92 Å². The summed E-state index contributed by atoms with van der Waals surface area (Å²) in [6, 6.07) is 0. The van der Waals surface area contributed by atoms with E-state index in [0.29, 0.717) is 19.3 Å². The van der Waals surface area contributed by atoms with Crippen molar-refractivity contribution >= 4 is 5.97 Å². The van der Waals surface area contributed by atoms with Crippen LogP contribution in [0.1, 0.15) is 46.5 Å². The SMILES string of the molecule is CC1=C2C3OC(=O)C(C)C3(O)CCC2(C)CC(O)C1. The Morgan fingerprint density at radius 2 is 2.05 bits per heavy atom. The van der Waals surface area contributed by atoms with Gasteiger partial charge in [0, 0.05) is 0 Å². The summed E-state index contributed by atoms with van der Waals surface area (Å²) in [4.78, 5) is 11.8. The summed E-state index contributed by atoms with van der Waals surface area (Å²) in [6.07, 6.45) is 1.83. The third-order valence-corrected chi connectivity index (χ3v) is 5.47. The predicted molar refractivity (Wildman–Crippen MR) is 69.3 cm³/mol. The first kappa shape index (κ1) is 13.1. The fourth-order valence-electron chi connectivity index (χ4n) is 4.34. The Kier molecular flexibility index (Phi) is 2.64. The molecule has 1 saturated heterocycles. The zero-order valence-electron chi connectivity index (χ0n) is 11.8. The van der Waals surface area contributed by atoms with Crippen molar-refractivity contribution < 1.29 is 19.7 Å². The molecule has 1 aliphatic heterocycles. The molecule has 106 valence electrons. The second kappa shape index (κ2) is 3.83. The normalized spacial score (nSPS) is 49.7. The summed E-state index contributed by atoms with van der Waals surface area (Å²) >= 11 is 0. The lowest BCUT2D eigenvalue weighted by atomic mass is 9.57. The molecular weight excluding hydrogens is 244 g/mol. The molecule has 3 rings (SSSR count). The van der Waals surface area contributed by atoms with Crippen LogP contribution in [0.4, 0.5) is 0 Å². The van der Waals surface area contributed by atoms with Gasteiger partial charge in [-0.2, -0.15) is 0 Å². The van der Waals surface area contributed by atoms with Gasteiger partial charge in [-0.15, -0.1) is 0 Å². The summed E-state index contributed by atoms with van der Waals surface area (Å²) in [6.45, 7) is 5.85. The highest BCUT2D eigenvalue weighted by molar-refractivity contribution is 5.77. The molecule has 4 heteroatoms. The van der Waals surface area contributed by atoms with Crippen LogP contribution in [0.3, 0.4) is 0 Å². The van der Waals surface area contributed by atoms with Crippen molar-refractivity contribution in [1.29, 1.82) is 0 Å². The Bertz CT molecular complexity index is 469. The lowest BCUT2D eigenvalue weighted by Crippen LogP contribution is -2.53. The molecule has 0 amide bonds. The Balaban J connectivity index is 2.09. The number of hydrogen-bond donors (Lipinski definition) is 2. The van der Waals surface area contributed by atoms with Crippen molar-refractivity contribution in [3.8, 4) is 0 Å². The highest BCUT2D eigenvalue weighted by atomic mass is 16.6. The third kappa shape index (κ3) is 1.62. The minimum Gasteiger partial charge on any atom is -0.454 e. The molecule has 0 aromatic rings. The summed E-state index contributed by atoms with van der Waals surface area (Å²) in [5.74, 6) is -0.766. The fourth-order valence-corrected chi connectivity index (χ4v) is 4.34. The molecule has 2 fully saturated rings. The van der Waals surface area contributed by atoms with Gasteiger partial charge in [0.1, 0.15) is 5.60 Å². The maximum atomic E-state index is 11.8. The fraction of sp³-hybridized carbons (Fsp3) is 0.800. The minimum absolute atomic E-state index is 0.150. The summed E-state index contributed by atoms with van der Waals surface area (Å²) in [5.41, 5.74) is 0.925. The number of carbonyl (C=O) groups excluding carboxylic acids is 1. The van der Waals surface area contributed by atoms with Crippen LogP contribution in [0.5, 0.6) is 0 Å². The highest BCUT2D eigenvalue weighted by Gasteiger charge is 2.62. The van der Waals surface area contributed by atoms with Gasteiger partial charge in [0.2, 0.25) is 0 Å². The Morgan fingerprint density at radius 3 is 2.74 bits per heavy atom. The van der Waals surface area contributed by atoms with Gasteiger partial charge in [-0.1, -0.05) is 12.5 Å². The van der Waals surface area contributed by atoms with Crippen LogP contribution in [0.15, 0.2) is 11.1 Å². The second-order valence-electron chi connectivity index (χ2n) is 6.85. The van der Waals surface area contributed by atoms with E-state index in [1.54, 1.807) is 6.92 Å². The molecule has 5 unspecified atom stereocenters. The number of carbonyl (C=O) groups is 1. The topological polar surface area (TPSA) is 66.8 Å². The first-order valence-corrected chi connectivity index (χ1v) is 7.09. The van der Waals surface area contributed by atoms with Crippen molar-refractivity contribution in [3.63, 3.8) is 0 Å². The van der Waals surface area contributed by atoms with Crippen molar-refractivity contribution in [2.24, 2.45) is 11.3 Å². The number of aliphatic hydroxyl groups excluding tert-OH is 1. The molecule has 0 aromatic heterocycles. The molecular formula is C15H22O4. The third-order valence-electron chi connectivity index (χ3n) is 5.47. The van der Waals surface area contributed by atoms with E-state index in [2.05, 4.69) is 6.92 Å². The van der Waals surface area contributed by atoms with Gasteiger partial charge in [-0.3, -0.25) is 4.79 Å². The zero-order chi connectivity index (χ0) is 14.0. The van der Waals surface area contributed by atoms with Crippen LogP contribution < -0.4 is 0 Å². The smallest absolute Gasteiger partial charge is 0.312 e. The van der Waals surface area contributed by atoms with Crippen molar-refractivity contribution in [3.05, 3.63) is 11.1 Å². The number of aliphatic hydroxyl groups is 2. The molecule has 19 heavy (non-hydrogen) atoms. The lowest BCUT2D eigenvalue weighted by Gasteiger charge is -2.50. The largest absolute Gasteiger partial charge is 0.454 e. The van der Waals surface area contributed by atoms with Gasteiger partial charge in [-0.25, -0.2) is 0 Å². The lowest BCUT2D eigenvalue weighted by molar-refractivity contribution is -0.143. The molecule has 0 aromatic carbocycles. The van der Waals surface area contributed by atoms with Crippen LogP contribution in [0.2, 0.25) is 0 Å². The number of fused-ring (bicyclic) bond motifs is 3. The maximum absolute atomic E-state index is 11.8. The van der Waals surface area contributed by atoms with E-state index >= 15 is 0 Å². The molecule has 1 heterocycles. The summed E-state index contributed by atoms with van der Waals surface area (Å²) < 4.78 is 5.49. The van der Waals surface area contributed by atoms with E-state index in [9.17, 15) is 15.0 Å². The summed E-state index contributed by atoms with van der Waals surface area (Å²) in [7, 11) is 0. The number of esters is 1. The van der Waals surface area contributed by atoms with Gasteiger partial charge in [-0.05, 0) is 50.5 Å². The summed E-state index contributed by atoms with van der Waals surface area (Å²) in [5, 5.41) is 20.8. The Hall–Kier alpha value is -0.870. The Labute approximate surface area is 113 Å². The van der Waals surface area contributed by atoms with Crippen LogP contribution in [-0.2, 0) is 9.53 Å². The second-order valence-corrected chi connectivity index (χ2v) is 6.85. The van der Waals surface area contributed by atoms with Crippen molar-refractivity contribution in [1.82, 2.24) is 0 Å². The molecule has 0 spiro atoms. The van der Waals surface area contributed by atoms with E-state index in [0.717, 1.165) is 17.6 Å². The average Bonchev–Trinajstić information content (AvgIpc) is 2.52. The van der Waals surface area contributed by atoms with Crippen LogP contribution in [-0.4, -0.2) is 34.0 Å². The standard InChI is InChI=1S/C15H22O4/c1-8-6-10(16)7-14(3)4-5-15(18)9(2)13(17)19-12(15)11(8)14/h9-10,12,16,18H,4-7H2,1-3H3. The highest BCUT2D eigenvalue weighted by Crippen LogP contribution is 2.56. The van der Waals surface area contributed by atoms with Gasteiger partial charge >= 0.3 is 5.97 Å².